The van der Waals surface area contributed by atoms with Gasteiger partial charge in [-0.25, -0.2) is 0 Å². The van der Waals surface area contributed by atoms with Crippen molar-refractivity contribution in [3.8, 4) is 0 Å². The van der Waals surface area contributed by atoms with Gasteiger partial charge in [-0.1, -0.05) is 257 Å². The highest BCUT2D eigenvalue weighted by Gasteiger charge is 2.19. The first-order valence-corrected chi connectivity index (χ1v) is 31.7. The molecule has 0 aromatic carbocycles. The first-order valence-electron chi connectivity index (χ1n) is 31.7. The number of carbonyl (C=O) groups is 3. The van der Waals surface area contributed by atoms with Crippen LogP contribution in [0.4, 0.5) is 0 Å². The molecule has 6 nitrogen and oxygen atoms in total. The first kappa shape index (κ1) is 72.5. The van der Waals surface area contributed by atoms with E-state index in [2.05, 4.69) is 154 Å². The molecule has 1 unspecified atom stereocenters. The van der Waals surface area contributed by atoms with Crippen molar-refractivity contribution >= 4 is 17.9 Å². The molecule has 0 aliphatic heterocycles. The van der Waals surface area contributed by atoms with Crippen LogP contribution in [-0.2, 0) is 28.6 Å². The minimum absolute atomic E-state index is 0.0958. The highest BCUT2D eigenvalue weighted by atomic mass is 16.6. The van der Waals surface area contributed by atoms with Gasteiger partial charge in [0.05, 0.1) is 0 Å². The third kappa shape index (κ3) is 62.3. The Bertz CT molecular complexity index is 1650. The summed E-state index contributed by atoms with van der Waals surface area (Å²) in [5, 5.41) is 0. The highest BCUT2D eigenvalue weighted by Crippen LogP contribution is 2.14. The molecule has 77 heavy (non-hydrogen) atoms. The van der Waals surface area contributed by atoms with Gasteiger partial charge in [0.1, 0.15) is 13.2 Å². The molecule has 0 rings (SSSR count). The van der Waals surface area contributed by atoms with Gasteiger partial charge in [-0.15, -0.1) is 0 Å². The van der Waals surface area contributed by atoms with Gasteiger partial charge in [-0.2, -0.15) is 0 Å². The molecular weight excluding hydrogens is 949 g/mol. The van der Waals surface area contributed by atoms with E-state index in [1.807, 2.05) is 0 Å². The molecule has 0 spiro atoms. The highest BCUT2D eigenvalue weighted by molar-refractivity contribution is 5.71. The van der Waals surface area contributed by atoms with Gasteiger partial charge in [0.25, 0.3) is 0 Å². The summed E-state index contributed by atoms with van der Waals surface area (Å²) < 4.78 is 16.9. The molecule has 0 saturated carbocycles. The molecule has 0 aromatic rings. The summed E-state index contributed by atoms with van der Waals surface area (Å²) in [4.78, 5) is 38.3. The molecule has 436 valence electrons. The fraction of sp³-hybridized carbons (Fsp3) is 0.648. The van der Waals surface area contributed by atoms with Gasteiger partial charge in [-0.05, 0) is 135 Å². The molecule has 0 amide bonds. The lowest BCUT2D eigenvalue weighted by Gasteiger charge is -2.18. The number of hydrogen-bond acceptors (Lipinski definition) is 6. The SMILES string of the molecule is CC/C=C\C/C=C\C/C=C\C/C=C\C/C=C\C/C=C\C/C=C\CCCCCCCCCC(=O)OCC(COC(=O)CCCCCCC/C=C\CCCCCCCC)OC(=O)CCCCCCC/C=C\C/C=C\C/C=C\CC. The Kier molecular flexibility index (Phi) is 60.4. The molecular formula is C71H116O6. The minimum atomic E-state index is -0.800. The number of rotatable bonds is 56. The first-order chi connectivity index (χ1) is 38.0. The normalized spacial score (nSPS) is 13.0. The van der Waals surface area contributed by atoms with Crippen molar-refractivity contribution in [3.05, 3.63) is 134 Å². The van der Waals surface area contributed by atoms with E-state index in [9.17, 15) is 14.4 Å². The van der Waals surface area contributed by atoms with Gasteiger partial charge in [0, 0.05) is 19.3 Å². The molecule has 0 heterocycles. The molecule has 0 aromatic heterocycles. The van der Waals surface area contributed by atoms with E-state index in [0.29, 0.717) is 19.3 Å². The maximum atomic E-state index is 12.9. The number of esters is 3. The fourth-order valence-electron chi connectivity index (χ4n) is 8.43. The average Bonchev–Trinajstić information content (AvgIpc) is 3.43. The zero-order chi connectivity index (χ0) is 55.7. The van der Waals surface area contributed by atoms with E-state index in [-0.39, 0.29) is 31.1 Å². The Morgan fingerprint density at radius 3 is 0.805 bits per heavy atom. The van der Waals surface area contributed by atoms with E-state index in [4.69, 9.17) is 14.2 Å². The summed E-state index contributed by atoms with van der Waals surface area (Å²) in [6, 6.07) is 0. The second-order valence-corrected chi connectivity index (χ2v) is 20.5. The maximum absolute atomic E-state index is 12.9. The summed E-state index contributed by atoms with van der Waals surface area (Å²) in [6.07, 6.45) is 90.2. The second-order valence-electron chi connectivity index (χ2n) is 20.5. The molecule has 0 bridgehead atoms. The van der Waals surface area contributed by atoms with Crippen molar-refractivity contribution < 1.29 is 28.6 Å². The van der Waals surface area contributed by atoms with Crippen LogP contribution in [0, 0.1) is 0 Å². The monoisotopic (exact) mass is 1060 g/mol. The van der Waals surface area contributed by atoms with Crippen LogP contribution >= 0.6 is 0 Å². The lowest BCUT2D eigenvalue weighted by atomic mass is 10.1. The van der Waals surface area contributed by atoms with Crippen molar-refractivity contribution in [2.75, 3.05) is 13.2 Å². The number of ether oxygens (including phenoxy) is 3. The van der Waals surface area contributed by atoms with Gasteiger partial charge in [0.15, 0.2) is 6.10 Å². The van der Waals surface area contributed by atoms with E-state index in [1.54, 1.807) is 0 Å². The molecule has 0 fully saturated rings. The standard InChI is InChI=1S/C71H116O6/c1-4-7-10-13-16-19-22-25-28-29-30-31-32-33-34-35-36-37-38-39-40-41-44-46-49-52-55-58-61-64-70(73)76-67-68(77-71(74)65-62-59-56-53-50-47-43-27-24-21-18-15-12-9-6-3)66-75-69(72)63-60-57-54-51-48-45-42-26-23-20-17-14-11-8-5-2/h7,9-10,12,16,18-19,21,25-28,30-31,33-34,36-37,39-40,42-43,68H,4-6,8,11,13-15,17,20,22-24,29,32,35,38,41,44-67H2,1-3H3/b10-7-,12-9-,19-16-,21-18-,28-25-,31-30-,34-33-,37-36-,40-39-,42-26-,43-27-. The summed E-state index contributed by atoms with van der Waals surface area (Å²) in [6.45, 7) is 6.38. The van der Waals surface area contributed by atoms with Crippen molar-refractivity contribution in [1.29, 1.82) is 0 Å². The summed E-state index contributed by atoms with van der Waals surface area (Å²) >= 11 is 0. The Hall–Kier alpha value is -4.45. The van der Waals surface area contributed by atoms with Crippen molar-refractivity contribution in [3.63, 3.8) is 0 Å². The molecule has 0 N–H and O–H groups in total. The Morgan fingerprint density at radius 2 is 0.506 bits per heavy atom. The molecule has 0 radical (unpaired) electrons. The lowest BCUT2D eigenvalue weighted by Crippen LogP contribution is -2.30. The van der Waals surface area contributed by atoms with Crippen molar-refractivity contribution in [2.45, 2.75) is 284 Å². The summed E-state index contributed by atoms with van der Waals surface area (Å²) in [5.74, 6) is -0.931. The van der Waals surface area contributed by atoms with Crippen LogP contribution in [0.5, 0.6) is 0 Å². The average molecular weight is 1070 g/mol. The number of unbranched alkanes of at least 4 members (excludes halogenated alkanes) is 23. The molecule has 0 saturated heterocycles. The number of hydrogen-bond donors (Lipinski definition) is 0. The smallest absolute Gasteiger partial charge is 0.306 e. The predicted molar refractivity (Wildman–Crippen MR) is 334 cm³/mol. The molecule has 0 aliphatic carbocycles. The Labute approximate surface area is 475 Å². The maximum Gasteiger partial charge on any atom is 0.306 e. The van der Waals surface area contributed by atoms with E-state index < -0.39 is 6.10 Å². The second kappa shape index (κ2) is 64.1. The molecule has 6 heteroatoms. The molecule has 1 atom stereocenters. The number of allylic oxidation sites excluding steroid dienone is 22. The van der Waals surface area contributed by atoms with E-state index >= 15 is 0 Å². The van der Waals surface area contributed by atoms with E-state index in [0.717, 1.165) is 154 Å². The quantitative estimate of drug-likeness (QED) is 0.0261. The zero-order valence-corrected chi connectivity index (χ0v) is 49.9. The number of carbonyl (C=O) groups excluding carboxylic acids is 3. The largest absolute Gasteiger partial charge is 0.462 e. The topological polar surface area (TPSA) is 78.9 Å². The Balaban J connectivity index is 4.37. The van der Waals surface area contributed by atoms with Crippen molar-refractivity contribution in [2.24, 2.45) is 0 Å². The summed E-state index contributed by atoms with van der Waals surface area (Å²) in [7, 11) is 0. The van der Waals surface area contributed by atoms with Crippen LogP contribution in [0.3, 0.4) is 0 Å². The van der Waals surface area contributed by atoms with Crippen LogP contribution in [0.15, 0.2) is 134 Å². The Morgan fingerprint density at radius 1 is 0.273 bits per heavy atom. The van der Waals surface area contributed by atoms with E-state index in [1.165, 1.54) is 83.5 Å². The molecule has 0 aliphatic rings. The third-order valence-corrected chi connectivity index (χ3v) is 13.1. The van der Waals surface area contributed by atoms with Gasteiger partial charge in [0.2, 0.25) is 0 Å². The third-order valence-electron chi connectivity index (χ3n) is 13.1. The van der Waals surface area contributed by atoms with Crippen LogP contribution < -0.4 is 0 Å². The van der Waals surface area contributed by atoms with Gasteiger partial charge in [-0.3, -0.25) is 14.4 Å². The van der Waals surface area contributed by atoms with Crippen LogP contribution in [-0.4, -0.2) is 37.2 Å². The van der Waals surface area contributed by atoms with Crippen LogP contribution in [0.1, 0.15) is 278 Å². The van der Waals surface area contributed by atoms with Crippen LogP contribution in [0.2, 0.25) is 0 Å². The van der Waals surface area contributed by atoms with Crippen molar-refractivity contribution in [1.82, 2.24) is 0 Å². The van der Waals surface area contributed by atoms with Gasteiger partial charge >= 0.3 is 17.9 Å². The lowest BCUT2D eigenvalue weighted by molar-refractivity contribution is -0.167. The van der Waals surface area contributed by atoms with Gasteiger partial charge < -0.3 is 14.2 Å². The zero-order valence-electron chi connectivity index (χ0n) is 49.9. The summed E-state index contributed by atoms with van der Waals surface area (Å²) in [5.41, 5.74) is 0. The predicted octanol–water partition coefficient (Wildman–Crippen LogP) is 21.8. The fourth-order valence-corrected chi connectivity index (χ4v) is 8.43. The van der Waals surface area contributed by atoms with Crippen LogP contribution in [0.25, 0.3) is 0 Å². The minimum Gasteiger partial charge on any atom is -0.462 e.